The molecule has 1 aliphatic carbocycles. The van der Waals surface area contributed by atoms with Crippen molar-refractivity contribution in [3.05, 3.63) is 94.6 Å². The van der Waals surface area contributed by atoms with Crippen molar-refractivity contribution in [2.24, 2.45) is 11.6 Å². The second-order valence-electron chi connectivity index (χ2n) is 9.32. The molecular weight excluding hydrogens is 470 g/mol. The molecule has 37 heavy (non-hydrogen) atoms. The molecule has 4 aliphatic rings. The van der Waals surface area contributed by atoms with Gasteiger partial charge in [0.1, 0.15) is 11.6 Å². The molecule has 0 radical (unpaired) electrons. The Morgan fingerprint density at radius 2 is 1.76 bits per heavy atom. The van der Waals surface area contributed by atoms with Crippen molar-refractivity contribution >= 4 is 34.4 Å². The highest BCUT2D eigenvalue weighted by molar-refractivity contribution is 6.07. The first-order valence-electron chi connectivity index (χ1n) is 12.0. The van der Waals surface area contributed by atoms with Crippen molar-refractivity contribution in [1.82, 2.24) is 25.9 Å². The third-order valence-electron chi connectivity index (χ3n) is 7.27. The fourth-order valence-electron chi connectivity index (χ4n) is 5.74. The Kier molecular flexibility index (Phi) is 5.33. The van der Waals surface area contributed by atoms with Crippen LogP contribution in [0.4, 0.5) is 4.79 Å². The number of carbonyl (C=O) groups is 2. The summed E-state index contributed by atoms with van der Waals surface area (Å²) < 4.78 is 1.52. The van der Waals surface area contributed by atoms with Crippen LogP contribution in [0, 0.1) is 0 Å². The molecular formula is C27H25N7O3. The zero-order valence-corrected chi connectivity index (χ0v) is 19.7. The zero-order valence-electron chi connectivity index (χ0n) is 19.7. The summed E-state index contributed by atoms with van der Waals surface area (Å²) in [6.45, 7) is 1.22. The summed E-state index contributed by atoms with van der Waals surface area (Å²) in [7, 11) is 0. The molecule has 2 aromatic rings. The van der Waals surface area contributed by atoms with Gasteiger partial charge in [0.2, 0.25) is 0 Å². The number of allylic oxidation sites excluding steroid dienone is 3. The number of nitrogen functional groups attached to an aromatic ring is 1. The van der Waals surface area contributed by atoms with E-state index < -0.39 is 11.9 Å². The van der Waals surface area contributed by atoms with Crippen molar-refractivity contribution < 1.29 is 14.4 Å². The Morgan fingerprint density at radius 1 is 1.03 bits per heavy atom. The van der Waals surface area contributed by atoms with E-state index >= 15 is 0 Å². The van der Waals surface area contributed by atoms with Gasteiger partial charge in [0.05, 0.1) is 17.3 Å². The van der Waals surface area contributed by atoms with Gasteiger partial charge in [-0.05, 0) is 59.0 Å². The molecule has 0 saturated carbocycles. The van der Waals surface area contributed by atoms with E-state index in [9.17, 15) is 14.4 Å². The van der Waals surface area contributed by atoms with Gasteiger partial charge in [-0.25, -0.2) is 15.4 Å². The summed E-state index contributed by atoms with van der Waals surface area (Å²) in [4.78, 5) is 37.2. The molecule has 186 valence electrons. The maximum atomic E-state index is 13.0. The minimum absolute atomic E-state index is 0.0838. The predicted octanol–water partition coefficient (Wildman–Crippen LogP) is 1.14. The van der Waals surface area contributed by atoms with Gasteiger partial charge in [-0.2, -0.15) is 0 Å². The average Bonchev–Trinajstić information content (AvgIpc) is 3.71. The van der Waals surface area contributed by atoms with E-state index in [1.165, 1.54) is 4.57 Å². The molecule has 3 atom stereocenters. The predicted molar refractivity (Wildman–Crippen MR) is 140 cm³/mol. The molecule has 0 bridgehead atoms. The fraction of sp³-hybridized carbons (Fsp3) is 0.185. The van der Waals surface area contributed by atoms with Gasteiger partial charge in [0.25, 0.3) is 5.91 Å². The van der Waals surface area contributed by atoms with Gasteiger partial charge in [-0.15, -0.1) is 0 Å². The monoisotopic (exact) mass is 495 g/mol. The smallest absolute Gasteiger partial charge is 0.323 e. The molecule has 0 saturated heterocycles. The largest absolute Gasteiger partial charge is 0.390 e. The molecule has 1 aromatic heterocycles. The van der Waals surface area contributed by atoms with Crippen LogP contribution in [0.2, 0.25) is 0 Å². The first kappa shape index (κ1) is 22.7. The second-order valence-corrected chi connectivity index (χ2v) is 9.32. The molecule has 6 rings (SSSR count). The first-order chi connectivity index (χ1) is 18.0. The highest BCUT2D eigenvalue weighted by atomic mass is 16.2. The number of carbonyl (C=O) groups excluding carboxylic acids is 3. The van der Waals surface area contributed by atoms with E-state index in [0.717, 1.165) is 27.7 Å². The van der Waals surface area contributed by atoms with Crippen LogP contribution < -0.4 is 33.0 Å². The molecule has 10 heteroatoms. The van der Waals surface area contributed by atoms with E-state index in [1.807, 2.05) is 48.7 Å². The molecule has 3 aliphatic heterocycles. The number of nitrogens with two attached hydrogens (primary N) is 2. The van der Waals surface area contributed by atoms with Crippen molar-refractivity contribution in [2.75, 3.05) is 13.1 Å². The normalized spacial score (nSPS) is 23.2. The highest BCUT2D eigenvalue weighted by Crippen LogP contribution is 2.44. The number of aromatic nitrogens is 1. The minimum Gasteiger partial charge on any atom is -0.390 e. The summed E-state index contributed by atoms with van der Waals surface area (Å²) >= 11 is 0. The highest BCUT2D eigenvalue weighted by Gasteiger charge is 2.34. The topological polar surface area (TPSA) is 156 Å². The van der Waals surface area contributed by atoms with Crippen LogP contribution in [0.25, 0.3) is 16.5 Å². The Balaban J connectivity index is 1.71. The molecule has 2 amide bonds. The maximum Gasteiger partial charge on any atom is 0.323 e. The lowest BCUT2D eigenvalue weighted by Crippen LogP contribution is -2.31. The fourth-order valence-corrected chi connectivity index (χ4v) is 5.74. The number of rotatable bonds is 4. The standard InChI is InChI=1S/C27H25N7O3/c28-27(37)34-21-4-2-19(26(36)33-29)22(15-5-7-30-11-15)24(21)23(16-6-8-31-12-16)25(34)14-1-3-20-17(9-14)10-18(13-35)32-20/h1-10,15-16,20,30-32H,11-12,29H2,(H2,28,37)(H,33,36). The molecule has 3 unspecified atom stereocenters. The van der Waals surface area contributed by atoms with Crippen LogP contribution in [-0.4, -0.2) is 41.6 Å². The van der Waals surface area contributed by atoms with E-state index in [0.29, 0.717) is 35.6 Å². The molecule has 4 heterocycles. The van der Waals surface area contributed by atoms with Crippen molar-refractivity contribution in [3.8, 4) is 0 Å². The maximum absolute atomic E-state index is 13.0. The number of nitrogens with one attached hydrogen (secondary N) is 4. The second kappa shape index (κ2) is 8.70. The Morgan fingerprint density at radius 3 is 2.38 bits per heavy atom. The number of amides is 2. The van der Waals surface area contributed by atoms with Crippen molar-refractivity contribution in [3.63, 3.8) is 0 Å². The number of benzene rings is 1. The number of primary amides is 1. The molecule has 8 N–H and O–H groups in total. The van der Waals surface area contributed by atoms with Crippen LogP contribution in [0.5, 0.6) is 0 Å². The van der Waals surface area contributed by atoms with E-state index in [4.69, 9.17) is 11.6 Å². The summed E-state index contributed by atoms with van der Waals surface area (Å²) in [5, 5.41) is 10.4. The van der Waals surface area contributed by atoms with E-state index in [-0.39, 0.29) is 17.9 Å². The van der Waals surface area contributed by atoms with Crippen LogP contribution in [0.1, 0.15) is 39.0 Å². The number of hydrogen-bond acceptors (Lipinski definition) is 7. The molecule has 1 aromatic carbocycles. The molecule has 0 fully saturated rings. The number of hydrogen-bond donors (Lipinski definition) is 6. The average molecular weight is 496 g/mol. The lowest BCUT2D eigenvalue weighted by atomic mass is 9.85. The Labute approximate surface area is 212 Å². The Bertz CT molecular complexity index is 1570. The van der Waals surface area contributed by atoms with Crippen molar-refractivity contribution in [2.45, 2.75) is 17.9 Å². The third kappa shape index (κ3) is 3.50. The first-order valence-corrected chi connectivity index (χ1v) is 12.0. The molecule has 10 nitrogen and oxygen atoms in total. The third-order valence-corrected chi connectivity index (χ3v) is 7.27. The Hall–Kier alpha value is -4.79. The van der Waals surface area contributed by atoms with Crippen LogP contribution in [0.15, 0.2) is 72.3 Å². The molecule has 0 spiro atoms. The number of fused-ring (bicyclic) bond motifs is 2. The summed E-state index contributed by atoms with van der Waals surface area (Å²) in [6, 6.07) is 2.66. The van der Waals surface area contributed by atoms with Gasteiger partial charge < -0.3 is 21.7 Å². The lowest BCUT2D eigenvalue weighted by Gasteiger charge is -2.20. The minimum atomic E-state index is -0.633. The van der Waals surface area contributed by atoms with Crippen molar-refractivity contribution in [1.29, 1.82) is 0 Å². The summed E-state index contributed by atoms with van der Waals surface area (Å²) in [5.74, 6) is 6.84. The van der Waals surface area contributed by atoms with Crippen LogP contribution in [-0.2, 0) is 4.79 Å². The zero-order chi connectivity index (χ0) is 25.7. The van der Waals surface area contributed by atoms with Crippen LogP contribution >= 0.6 is 0 Å². The SMILES string of the molecule is NNC(=O)c1ccc2c(c1C1C=CNC1)c(C1C=CNC1)c(C1=CC3=CC(=C=O)NC3C=C1)n2C(N)=O. The van der Waals surface area contributed by atoms with E-state index in [1.54, 1.807) is 18.2 Å². The van der Waals surface area contributed by atoms with Gasteiger partial charge in [-0.3, -0.25) is 14.8 Å². The van der Waals surface area contributed by atoms with Gasteiger partial charge >= 0.3 is 6.03 Å². The summed E-state index contributed by atoms with van der Waals surface area (Å²) in [5.41, 5.74) is 13.7. The number of nitrogens with zero attached hydrogens (tertiary/aromatic N) is 1. The van der Waals surface area contributed by atoms with Crippen LogP contribution in [0.3, 0.4) is 0 Å². The lowest BCUT2D eigenvalue weighted by molar-refractivity contribution is 0.0952. The number of hydrazine groups is 1. The van der Waals surface area contributed by atoms with Gasteiger partial charge in [0.15, 0.2) is 0 Å². The summed E-state index contributed by atoms with van der Waals surface area (Å²) in [6.07, 6.45) is 15.4. The van der Waals surface area contributed by atoms with E-state index in [2.05, 4.69) is 21.4 Å². The van der Waals surface area contributed by atoms with Gasteiger partial charge in [-0.1, -0.05) is 24.3 Å². The quantitative estimate of drug-likeness (QED) is 0.161. The van der Waals surface area contributed by atoms with Gasteiger partial charge in [0, 0.05) is 35.9 Å².